The smallest absolute Gasteiger partial charge is 0.340 e. The number of aliphatic hydroxyl groups excluding tert-OH is 1. The Labute approximate surface area is 177 Å². The fourth-order valence-electron chi connectivity index (χ4n) is 2.62. The van der Waals surface area contributed by atoms with Gasteiger partial charge in [0.15, 0.2) is 22.9 Å². The summed E-state index contributed by atoms with van der Waals surface area (Å²) in [6.07, 6.45) is 0. The Morgan fingerprint density at radius 3 is 2.11 bits per heavy atom. The van der Waals surface area contributed by atoms with Gasteiger partial charge in [-0.25, -0.2) is 14.8 Å². The molecule has 1 N–H and O–H groups in total. The van der Waals surface area contributed by atoms with Crippen molar-refractivity contribution in [3.8, 4) is 0 Å². The fraction of sp³-hybridized carbons (Fsp3) is 0.211. The third-order valence-electron chi connectivity index (χ3n) is 3.86. The Balaban J connectivity index is 0.000000162. The Hall–Kier alpha value is -2.23. The molecule has 0 spiro atoms. The molecule has 0 fully saturated rings. The van der Waals surface area contributed by atoms with Crippen molar-refractivity contribution in [1.29, 1.82) is 0 Å². The number of nitrogens with zero attached hydrogens (tertiary/aromatic N) is 2. The van der Waals surface area contributed by atoms with E-state index in [4.69, 9.17) is 13.9 Å². The Morgan fingerprint density at radius 1 is 1.00 bits per heavy atom. The van der Waals surface area contributed by atoms with E-state index >= 15 is 0 Å². The van der Waals surface area contributed by atoms with Crippen LogP contribution >= 0.6 is 31.9 Å². The number of oxazole rings is 2. The Kier molecular flexibility index (Phi) is 6.17. The molecule has 0 unspecified atom stereocenters. The molecule has 2 aromatic heterocycles. The number of carbonyl (C=O) groups is 1. The number of fused-ring (bicyclic) bond motifs is 2. The van der Waals surface area contributed by atoms with Crippen molar-refractivity contribution in [3.63, 3.8) is 0 Å². The highest BCUT2D eigenvalue weighted by Gasteiger charge is 2.16. The van der Waals surface area contributed by atoms with Crippen LogP contribution in [0.25, 0.3) is 22.2 Å². The van der Waals surface area contributed by atoms with Crippen molar-refractivity contribution >= 4 is 60.0 Å². The number of methoxy groups -OCH3 is 1. The number of carbonyl (C=O) groups excluding carboxylic acids is 1. The topological polar surface area (TPSA) is 98.6 Å². The molecular formula is C19H16Br2N2O5. The number of rotatable bonds is 2. The maximum absolute atomic E-state index is 11.4. The second kappa shape index (κ2) is 8.42. The lowest BCUT2D eigenvalue weighted by Gasteiger charge is -1.99. The molecule has 7 nitrogen and oxygen atoms in total. The second-order valence-corrected chi connectivity index (χ2v) is 7.48. The highest BCUT2D eigenvalue weighted by atomic mass is 79.9. The highest BCUT2D eigenvalue weighted by molar-refractivity contribution is 9.11. The van der Waals surface area contributed by atoms with Crippen LogP contribution in [-0.2, 0) is 11.3 Å². The lowest BCUT2D eigenvalue weighted by Crippen LogP contribution is -2.01. The van der Waals surface area contributed by atoms with Gasteiger partial charge >= 0.3 is 5.97 Å². The van der Waals surface area contributed by atoms with E-state index in [-0.39, 0.29) is 6.61 Å². The molecule has 2 heterocycles. The first-order chi connectivity index (χ1) is 13.3. The summed E-state index contributed by atoms with van der Waals surface area (Å²) in [7, 11) is 1.34. The van der Waals surface area contributed by atoms with Crippen LogP contribution in [0.15, 0.2) is 42.0 Å². The first kappa shape index (κ1) is 20.5. The lowest BCUT2D eigenvalue weighted by molar-refractivity contribution is 0.0602. The van der Waals surface area contributed by atoms with Crippen LogP contribution in [0.5, 0.6) is 0 Å². The molecule has 0 aliphatic rings. The summed E-state index contributed by atoms with van der Waals surface area (Å²) in [6, 6.07) is 7.06. The molecule has 0 radical (unpaired) electrons. The van der Waals surface area contributed by atoms with Crippen LogP contribution in [0.1, 0.15) is 27.7 Å². The maximum Gasteiger partial charge on any atom is 0.340 e. The number of aryl methyl sites for hydroxylation is 2. The summed E-state index contributed by atoms with van der Waals surface area (Å²) in [6.45, 7) is 3.50. The molecule has 0 saturated carbocycles. The zero-order valence-electron chi connectivity index (χ0n) is 15.2. The maximum atomic E-state index is 11.4. The summed E-state index contributed by atoms with van der Waals surface area (Å²) in [5.74, 6) is 0.708. The van der Waals surface area contributed by atoms with Gasteiger partial charge in [-0.2, -0.15) is 0 Å². The number of aromatic nitrogens is 2. The molecule has 0 saturated heterocycles. The van der Waals surface area contributed by atoms with E-state index < -0.39 is 5.97 Å². The van der Waals surface area contributed by atoms with Gasteiger partial charge in [0.1, 0.15) is 11.0 Å². The third-order valence-corrected chi connectivity index (χ3v) is 5.11. The summed E-state index contributed by atoms with van der Waals surface area (Å²) in [5, 5.41) is 9.04. The Bertz CT molecular complexity index is 1170. The standard InChI is InChI=1S/C10H8BrNO3.C9H8BrNO2/c1-5-12-8-6(10(13)14-2)3-4-7(11)9(8)15-5;1-5-11-8-6(4-12)2-3-7(10)9(8)13-5/h3-4H,1-2H3;2-3,12H,4H2,1H3. The van der Waals surface area contributed by atoms with E-state index in [2.05, 4.69) is 46.6 Å². The van der Waals surface area contributed by atoms with Crippen LogP contribution in [0.3, 0.4) is 0 Å². The summed E-state index contributed by atoms with van der Waals surface area (Å²) < 4.78 is 17.0. The molecule has 146 valence electrons. The van der Waals surface area contributed by atoms with Gasteiger partial charge in [0, 0.05) is 19.4 Å². The van der Waals surface area contributed by atoms with Crippen molar-refractivity contribution in [2.24, 2.45) is 0 Å². The van der Waals surface area contributed by atoms with Gasteiger partial charge in [-0.05, 0) is 50.1 Å². The largest absolute Gasteiger partial charge is 0.465 e. The van der Waals surface area contributed by atoms with E-state index in [1.54, 1.807) is 26.0 Å². The Morgan fingerprint density at radius 2 is 1.54 bits per heavy atom. The van der Waals surface area contributed by atoms with Gasteiger partial charge in [-0.1, -0.05) is 6.07 Å². The number of hydrogen-bond acceptors (Lipinski definition) is 7. The minimum atomic E-state index is -0.416. The van der Waals surface area contributed by atoms with E-state index in [1.807, 2.05) is 12.1 Å². The molecule has 4 aromatic rings. The summed E-state index contributed by atoms with van der Waals surface area (Å²) in [4.78, 5) is 19.8. The van der Waals surface area contributed by atoms with Crippen LogP contribution in [0, 0.1) is 13.8 Å². The quantitative estimate of drug-likeness (QED) is 0.375. The molecule has 4 rings (SSSR count). The number of ether oxygens (including phenoxy) is 1. The van der Waals surface area contributed by atoms with E-state index in [9.17, 15) is 4.79 Å². The highest BCUT2D eigenvalue weighted by Crippen LogP contribution is 2.28. The summed E-state index contributed by atoms with van der Waals surface area (Å²) >= 11 is 6.69. The van der Waals surface area contributed by atoms with Crippen LogP contribution in [0.2, 0.25) is 0 Å². The van der Waals surface area contributed by atoms with Gasteiger partial charge in [0.2, 0.25) is 0 Å². The first-order valence-electron chi connectivity index (χ1n) is 8.15. The van der Waals surface area contributed by atoms with E-state index in [0.29, 0.717) is 34.0 Å². The average molecular weight is 512 g/mol. The van der Waals surface area contributed by atoms with E-state index in [1.165, 1.54) is 7.11 Å². The predicted octanol–water partition coefficient (Wildman–Crippen LogP) is 5.08. The summed E-state index contributed by atoms with van der Waals surface area (Å²) in [5.41, 5.74) is 3.71. The van der Waals surface area contributed by atoms with Crippen molar-refractivity contribution < 1.29 is 23.5 Å². The van der Waals surface area contributed by atoms with Gasteiger partial charge in [0.05, 0.1) is 28.2 Å². The average Bonchev–Trinajstić information content (AvgIpc) is 3.26. The minimum Gasteiger partial charge on any atom is -0.465 e. The second-order valence-electron chi connectivity index (χ2n) is 5.77. The molecule has 0 aliphatic heterocycles. The molecule has 0 atom stereocenters. The minimum absolute atomic E-state index is 0.0181. The van der Waals surface area contributed by atoms with Crippen molar-refractivity contribution in [2.75, 3.05) is 7.11 Å². The fourth-order valence-corrected chi connectivity index (χ4v) is 3.42. The number of esters is 1. The first-order valence-corrected chi connectivity index (χ1v) is 9.73. The van der Waals surface area contributed by atoms with Gasteiger partial charge in [0.25, 0.3) is 0 Å². The van der Waals surface area contributed by atoms with E-state index in [0.717, 1.165) is 20.0 Å². The number of hydrogen-bond donors (Lipinski definition) is 1. The number of aliphatic hydroxyl groups is 1. The number of benzene rings is 2. The predicted molar refractivity (Wildman–Crippen MR) is 110 cm³/mol. The molecule has 9 heteroatoms. The number of halogens is 2. The van der Waals surface area contributed by atoms with Gasteiger partial charge in [-0.3, -0.25) is 0 Å². The molecular weight excluding hydrogens is 496 g/mol. The van der Waals surface area contributed by atoms with Crippen molar-refractivity contribution in [3.05, 3.63) is 56.1 Å². The zero-order chi connectivity index (χ0) is 20.4. The van der Waals surface area contributed by atoms with Crippen LogP contribution in [0.4, 0.5) is 0 Å². The monoisotopic (exact) mass is 510 g/mol. The van der Waals surface area contributed by atoms with Crippen LogP contribution in [-0.4, -0.2) is 28.2 Å². The molecule has 2 aromatic carbocycles. The molecule has 0 bridgehead atoms. The molecule has 28 heavy (non-hydrogen) atoms. The third kappa shape index (κ3) is 3.96. The zero-order valence-corrected chi connectivity index (χ0v) is 18.4. The van der Waals surface area contributed by atoms with Gasteiger partial charge < -0.3 is 18.7 Å². The molecule has 0 aliphatic carbocycles. The normalized spacial score (nSPS) is 10.8. The SMILES string of the molecule is COC(=O)c1ccc(Br)c2oc(C)nc12.Cc1nc2c(CO)ccc(Br)c2o1. The lowest BCUT2D eigenvalue weighted by atomic mass is 10.2. The van der Waals surface area contributed by atoms with Crippen LogP contribution < -0.4 is 0 Å². The van der Waals surface area contributed by atoms with Crippen molar-refractivity contribution in [1.82, 2.24) is 9.97 Å². The van der Waals surface area contributed by atoms with Crippen molar-refractivity contribution in [2.45, 2.75) is 20.5 Å². The molecule has 0 amide bonds. The van der Waals surface area contributed by atoms with Gasteiger partial charge in [-0.15, -0.1) is 0 Å².